The molecule has 35 heavy (non-hydrogen) atoms. The third kappa shape index (κ3) is 6.16. The maximum atomic E-state index is 11.7. The molecule has 0 aliphatic heterocycles. The summed E-state index contributed by atoms with van der Waals surface area (Å²) < 4.78 is 0. The Morgan fingerprint density at radius 3 is 2.60 bits per heavy atom. The maximum absolute atomic E-state index is 11.7. The summed E-state index contributed by atoms with van der Waals surface area (Å²) in [6, 6.07) is 25.0. The van der Waals surface area contributed by atoms with Gasteiger partial charge in [-0.05, 0) is 71.9 Å². The Hall–Kier alpha value is -3.47. The highest BCUT2D eigenvalue weighted by Gasteiger charge is 2.20. The van der Waals surface area contributed by atoms with E-state index in [0.717, 1.165) is 38.9 Å². The van der Waals surface area contributed by atoms with Gasteiger partial charge in [0.1, 0.15) is 0 Å². The number of aliphatic hydroxyl groups excluding tert-OH is 1. The number of hydrogen-bond donors (Lipinski definition) is 2. The summed E-state index contributed by atoms with van der Waals surface area (Å²) in [7, 11) is 0. The van der Waals surface area contributed by atoms with Crippen molar-refractivity contribution in [2.45, 2.75) is 38.2 Å². The molecule has 178 valence electrons. The van der Waals surface area contributed by atoms with Crippen molar-refractivity contribution in [2.75, 3.05) is 0 Å². The van der Waals surface area contributed by atoms with E-state index in [2.05, 4.69) is 4.98 Å². The van der Waals surface area contributed by atoms with Crippen LogP contribution in [0.1, 0.15) is 59.7 Å². The van der Waals surface area contributed by atoms with Gasteiger partial charge in [-0.3, -0.25) is 4.79 Å². The molecule has 0 saturated carbocycles. The topological polar surface area (TPSA) is 70.4 Å². The summed E-state index contributed by atoms with van der Waals surface area (Å²) in [6.45, 7) is 1.88. The summed E-state index contributed by atoms with van der Waals surface area (Å²) in [5.41, 5.74) is 5.26. The first-order valence-corrected chi connectivity index (χ1v) is 12.2. The number of hydrogen-bond acceptors (Lipinski definition) is 3. The first kappa shape index (κ1) is 24.6. The van der Waals surface area contributed by atoms with Crippen molar-refractivity contribution < 1.29 is 15.0 Å². The molecule has 0 aliphatic rings. The quantitative estimate of drug-likeness (QED) is 0.261. The monoisotopic (exact) mass is 485 g/mol. The summed E-state index contributed by atoms with van der Waals surface area (Å²) in [5.74, 6) is -1.35. The van der Waals surface area contributed by atoms with Crippen molar-refractivity contribution in [3.8, 4) is 0 Å². The standard InChI is InChI=1S/C30H28ClNO3/c1-2-26(30(34)35)27-9-4-3-7-21(27)13-17-29(33)23-8-5-6-20(18-23)10-15-25-16-12-22-11-14-24(31)19-28(22)32-25/h3-12,14-16,18-19,26,29,33H,2,13,17H2,1H3,(H,34,35)/t26-,29+/m0/s1. The van der Waals surface area contributed by atoms with Crippen LogP contribution in [0.4, 0.5) is 0 Å². The molecule has 0 bridgehead atoms. The van der Waals surface area contributed by atoms with Crippen LogP contribution in [0.25, 0.3) is 23.1 Å². The summed E-state index contributed by atoms with van der Waals surface area (Å²) in [5, 5.41) is 22.1. The van der Waals surface area contributed by atoms with Gasteiger partial charge in [0.2, 0.25) is 0 Å². The van der Waals surface area contributed by atoms with Crippen LogP contribution in [-0.2, 0) is 11.2 Å². The Kier molecular flexibility index (Phi) is 7.96. The van der Waals surface area contributed by atoms with Gasteiger partial charge in [0, 0.05) is 10.4 Å². The van der Waals surface area contributed by atoms with Crippen LogP contribution in [-0.4, -0.2) is 21.2 Å². The number of aliphatic carboxylic acids is 1. The van der Waals surface area contributed by atoms with Crippen molar-refractivity contribution in [2.24, 2.45) is 0 Å². The average Bonchev–Trinajstić information content (AvgIpc) is 2.86. The molecule has 4 rings (SSSR count). The lowest BCUT2D eigenvalue weighted by atomic mass is 9.89. The van der Waals surface area contributed by atoms with E-state index in [4.69, 9.17) is 11.6 Å². The highest BCUT2D eigenvalue weighted by Crippen LogP contribution is 2.27. The van der Waals surface area contributed by atoms with Crippen LogP contribution >= 0.6 is 11.6 Å². The first-order chi connectivity index (χ1) is 16.9. The highest BCUT2D eigenvalue weighted by atomic mass is 35.5. The second-order valence-electron chi connectivity index (χ2n) is 8.63. The Bertz CT molecular complexity index is 1360. The van der Waals surface area contributed by atoms with E-state index in [9.17, 15) is 15.0 Å². The van der Waals surface area contributed by atoms with E-state index in [1.807, 2.05) is 97.9 Å². The molecule has 0 spiro atoms. The molecule has 0 radical (unpaired) electrons. The number of fused-ring (bicyclic) bond motifs is 1. The number of halogens is 1. The minimum atomic E-state index is -0.816. The number of pyridine rings is 1. The van der Waals surface area contributed by atoms with E-state index in [1.54, 1.807) is 0 Å². The van der Waals surface area contributed by atoms with E-state index >= 15 is 0 Å². The smallest absolute Gasteiger partial charge is 0.310 e. The molecule has 0 amide bonds. The molecule has 1 heterocycles. The van der Waals surface area contributed by atoms with Gasteiger partial charge >= 0.3 is 5.97 Å². The van der Waals surface area contributed by atoms with Crippen LogP contribution in [0, 0.1) is 0 Å². The fraction of sp³-hybridized carbons (Fsp3) is 0.200. The molecule has 1 aromatic heterocycles. The number of carboxylic acids is 1. The Morgan fingerprint density at radius 1 is 1.00 bits per heavy atom. The fourth-order valence-electron chi connectivity index (χ4n) is 4.34. The van der Waals surface area contributed by atoms with Crippen LogP contribution in [0.3, 0.4) is 0 Å². The molecule has 4 aromatic rings. The number of aryl methyl sites for hydroxylation is 1. The summed E-state index contributed by atoms with van der Waals surface area (Å²) >= 11 is 6.09. The van der Waals surface area contributed by atoms with Gasteiger partial charge in [-0.15, -0.1) is 0 Å². The van der Waals surface area contributed by atoms with Gasteiger partial charge in [0.15, 0.2) is 0 Å². The van der Waals surface area contributed by atoms with Gasteiger partial charge in [-0.2, -0.15) is 0 Å². The van der Waals surface area contributed by atoms with Gasteiger partial charge < -0.3 is 10.2 Å². The molecule has 2 N–H and O–H groups in total. The number of aliphatic hydroxyl groups is 1. The number of aromatic nitrogens is 1. The van der Waals surface area contributed by atoms with Crippen LogP contribution < -0.4 is 0 Å². The molecule has 4 nitrogen and oxygen atoms in total. The van der Waals surface area contributed by atoms with E-state index in [-0.39, 0.29) is 0 Å². The summed E-state index contributed by atoms with van der Waals surface area (Å²) in [4.78, 5) is 16.3. The molecular formula is C30H28ClNO3. The molecule has 5 heteroatoms. The van der Waals surface area contributed by atoms with Crippen molar-refractivity contribution in [1.29, 1.82) is 0 Å². The molecule has 0 unspecified atom stereocenters. The summed E-state index contributed by atoms with van der Waals surface area (Å²) in [6.07, 6.45) is 4.91. The minimum absolute atomic E-state index is 0.507. The molecular weight excluding hydrogens is 458 g/mol. The molecule has 0 saturated heterocycles. The largest absolute Gasteiger partial charge is 0.481 e. The average molecular weight is 486 g/mol. The second-order valence-corrected chi connectivity index (χ2v) is 9.07. The Balaban J connectivity index is 1.46. The second kappa shape index (κ2) is 11.3. The zero-order chi connectivity index (χ0) is 24.8. The van der Waals surface area contributed by atoms with Crippen LogP contribution in [0.15, 0.2) is 78.9 Å². The zero-order valence-electron chi connectivity index (χ0n) is 19.6. The molecule has 0 fully saturated rings. The molecule has 0 aliphatic carbocycles. The third-order valence-corrected chi connectivity index (χ3v) is 6.48. The number of carboxylic acid groups (broad SMARTS) is 1. The van der Waals surface area contributed by atoms with Crippen molar-refractivity contribution in [1.82, 2.24) is 4.98 Å². The van der Waals surface area contributed by atoms with Crippen molar-refractivity contribution in [3.63, 3.8) is 0 Å². The number of rotatable bonds is 9. The SMILES string of the molecule is CC[C@H](C(=O)O)c1ccccc1CC[C@@H](O)c1cccc(C=Cc2ccc3ccc(Cl)cc3n2)c1. The predicted octanol–water partition coefficient (Wildman–Crippen LogP) is 7.30. The first-order valence-electron chi connectivity index (χ1n) is 11.8. The van der Waals surface area contributed by atoms with Gasteiger partial charge in [-0.25, -0.2) is 4.98 Å². The van der Waals surface area contributed by atoms with E-state index in [1.165, 1.54) is 0 Å². The van der Waals surface area contributed by atoms with Gasteiger partial charge in [-0.1, -0.05) is 79.2 Å². The van der Waals surface area contributed by atoms with Crippen molar-refractivity contribution >= 4 is 40.6 Å². The lowest BCUT2D eigenvalue weighted by Gasteiger charge is -2.17. The lowest BCUT2D eigenvalue weighted by molar-refractivity contribution is -0.138. The lowest BCUT2D eigenvalue weighted by Crippen LogP contribution is -2.13. The zero-order valence-corrected chi connectivity index (χ0v) is 20.3. The van der Waals surface area contributed by atoms with E-state index in [0.29, 0.717) is 24.3 Å². The van der Waals surface area contributed by atoms with Gasteiger partial charge in [0.25, 0.3) is 0 Å². The normalized spacial score (nSPS) is 13.2. The Labute approximate surface area is 210 Å². The van der Waals surface area contributed by atoms with E-state index < -0.39 is 18.0 Å². The third-order valence-electron chi connectivity index (χ3n) is 6.24. The molecule has 3 aromatic carbocycles. The highest BCUT2D eigenvalue weighted by molar-refractivity contribution is 6.31. The molecule has 2 atom stereocenters. The van der Waals surface area contributed by atoms with Crippen molar-refractivity contribution in [3.05, 3.63) is 112 Å². The fourth-order valence-corrected chi connectivity index (χ4v) is 4.51. The van der Waals surface area contributed by atoms with Crippen LogP contribution in [0.2, 0.25) is 5.02 Å². The number of benzene rings is 3. The van der Waals surface area contributed by atoms with Crippen LogP contribution in [0.5, 0.6) is 0 Å². The minimum Gasteiger partial charge on any atom is -0.481 e. The van der Waals surface area contributed by atoms with Gasteiger partial charge in [0.05, 0.1) is 23.2 Å². The predicted molar refractivity (Wildman–Crippen MR) is 143 cm³/mol. The number of nitrogens with zero attached hydrogens (tertiary/aromatic N) is 1. The maximum Gasteiger partial charge on any atom is 0.310 e. The Morgan fingerprint density at radius 2 is 1.80 bits per heavy atom. The number of carbonyl (C=O) groups is 1.